The van der Waals surface area contributed by atoms with Crippen LogP contribution in [0.3, 0.4) is 0 Å². The van der Waals surface area contributed by atoms with E-state index in [4.69, 9.17) is 9.47 Å². The van der Waals surface area contributed by atoms with Crippen LogP contribution in [0.4, 0.5) is 0 Å². The third-order valence-corrected chi connectivity index (χ3v) is 4.72. The van der Waals surface area contributed by atoms with Gasteiger partial charge in [0.2, 0.25) is 0 Å². The quantitative estimate of drug-likeness (QED) is 0.339. The van der Waals surface area contributed by atoms with Crippen LogP contribution in [0.25, 0.3) is 11.0 Å². The normalized spacial score (nSPS) is 10.8. The minimum atomic E-state index is 0.643. The van der Waals surface area contributed by atoms with E-state index >= 15 is 0 Å². The van der Waals surface area contributed by atoms with Gasteiger partial charge < -0.3 is 14.5 Å². The zero-order chi connectivity index (χ0) is 17.5. The predicted molar refractivity (Wildman–Crippen MR) is 104 cm³/mol. The van der Waals surface area contributed by atoms with Crippen LogP contribution in [-0.4, -0.2) is 29.4 Å². The van der Waals surface area contributed by atoms with Gasteiger partial charge >= 0.3 is 0 Å². The highest BCUT2D eigenvalue weighted by molar-refractivity contribution is 7.99. The predicted octanol–water partition coefficient (Wildman–Crippen LogP) is 4.86. The van der Waals surface area contributed by atoms with Crippen LogP contribution in [0.1, 0.15) is 12.0 Å². The van der Waals surface area contributed by atoms with E-state index in [9.17, 15) is 0 Å². The number of para-hydroxylation sites is 2. The molecular weight excluding hydrogens is 332 g/mol. The molecule has 0 aliphatic carbocycles. The van der Waals surface area contributed by atoms with Gasteiger partial charge in [-0.15, -0.1) is 6.58 Å². The molecule has 0 spiro atoms. The molecule has 25 heavy (non-hydrogen) atoms. The fourth-order valence-electron chi connectivity index (χ4n) is 2.53. The van der Waals surface area contributed by atoms with Crippen molar-refractivity contribution in [3.8, 4) is 11.5 Å². The van der Waals surface area contributed by atoms with Crippen molar-refractivity contribution in [2.75, 3.05) is 19.5 Å². The van der Waals surface area contributed by atoms with Gasteiger partial charge in [-0.2, -0.15) is 0 Å². The van der Waals surface area contributed by atoms with Gasteiger partial charge in [0.05, 0.1) is 24.8 Å². The fraction of sp³-hybridized carbons (Fsp3) is 0.250. The number of fused-ring (bicyclic) bond motifs is 1. The number of allylic oxidation sites excluding steroid dienone is 1. The molecule has 0 radical (unpaired) electrons. The Labute approximate surface area is 152 Å². The van der Waals surface area contributed by atoms with E-state index in [1.54, 1.807) is 18.9 Å². The van der Waals surface area contributed by atoms with E-state index < -0.39 is 0 Å². The van der Waals surface area contributed by atoms with Crippen LogP contribution < -0.4 is 9.47 Å². The second-order valence-electron chi connectivity index (χ2n) is 5.59. The van der Waals surface area contributed by atoms with Gasteiger partial charge in [-0.05, 0) is 42.7 Å². The fourth-order valence-corrected chi connectivity index (χ4v) is 3.33. The van der Waals surface area contributed by atoms with E-state index in [0.29, 0.717) is 6.61 Å². The first-order valence-corrected chi connectivity index (χ1v) is 9.27. The number of hydrogen-bond donors (Lipinski definition) is 1. The minimum Gasteiger partial charge on any atom is -0.493 e. The lowest BCUT2D eigenvalue weighted by atomic mass is 10.1. The molecule has 0 fully saturated rings. The zero-order valence-electron chi connectivity index (χ0n) is 14.3. The number of benzene rings is 2. The average molecular weight is 354 g/mol. The Morgan fingerprint density at radius 3 is 2.88 bits per heavy atom. The molecular formula is C20H22N2O2S. The van der Waals surface area contributed by atoms with Gasteiger partial charge in [0.1, 0.15) is 0 Å². The summed E-state index contributed by atoms with van der Waals surface area (Å²) in [6.45, 7) is 4.40. The Hall–Kier alpha value is -2.40. The summed E-state index contributed by atoms with van der Waals surface area (Å²) < 4.78 is 11.3. The van der Waals surface area contributed by atoms with Gasteiger partial charge in [-0.3, -0.25) is 0 Å². The largest absolute Gasteiger partial charge is 0.493 e. The van der Waals surface area contributed by atoms with E-state index in [0.717, 1.165) is 46.3 Å². The Morgan fingerprint density at radius 1 is 1.20 bits per heavy atom. The van der Waals surface area contributed by atoms with Crippen molar-refractivity contribution in [1.29, 1.82) is 0 Å². The zero-order valence-corrected chi connectivity index (χ0v) is 15.1. The summed E-state index contributed by atoms with van der Waals surface area (Å²) >= 11 is 1.71. The summed E-state index contributed by atoms with van der Waals surface area (Å²) in [6, 6.07) is 14.1. The van der Waals surface area contributed by atoms with E-state index in [2.05, 4.69) is 16.5 Å². The summed E-state index contributed by atoms with van der Waals surface area (Å²) in [4.78, 5) is 7.89. The molecule has 130 valence electrons. The van der Waals surface area contributed by atoms with E-state index in [-0.39, 0.29) is 0 Å². The number of nitrogens with zero attached hydrogens (tertiary/aromatic N) is 1. The summed E-state index contributed by atoms with van der Waals surface area (Å²) in [5.41, 5.74) is 3.25. The van der Waals surface area contributed by atoms with Crippen molar-refractivity contribution in [3.63, 3.8) is 0 Å². The molecule has 0 saturated carbocycles. The van der Waals surface area contributed by atoms with Crippen molar-refractivity contribution in [3.05, 3.63) is 60.7 Å². The summed E-state index contributed by atoms with van der Waals surface area (Å²) in [5, 5.41) is 0.951. The number of thioether (sulfide) groups is 1. The highest BCUT2D eigenvalue weighted by Gasteiger charge is 2.06. The van der Waals surface area contributed by atoms with Gasteiger partial charge in [0.25, 0.3) is 0 Å². The Bertz CT molecular complexity index is 812. The number of rotatable bonds is 9. The lowest BCUT2D eigenvalue weighted by Crippen LogP contribution is -2.01. The number of ether oxygens (including phenoxy) is 2. The van der Waals surface area contributed by atoms with Crippen LogP contribution in [0, 0.1) is 0 Å². The molecule has 4 nitrogen and oxygen atoms in total. The second-order valence-corrected chi connectivity index (χ2v) is 6.67. The van der Waals surface area contributed by atoms with Gasteiger partial charge in [0, 0.05) is 5.75 Å². The van der Waals surface area contributed by atoms with Crippen molar-refractivity contribution < 1.29 is 9.47 Å². The molecule has 2 aromatic carbocycles. The van der Waals surface area contributed by atoms with Crippen molar-refractivity contribution >= 4 is 22.8 Å². The Balaban J connectivity index is 1.47. The number of aromatic nitrogens is 2. The molecule has 1 N–H and O–H groups in total. The second kappa shape index (κ2) is 8.62. The first-order valence-electron chi connectivity index (χ1n) is 8.28. The van der Waals surface area contributed by atoms with E-state index in [1.165, 1.54) is 5.56 Å². The number of imidazole rings is 1. The van der Waals surface area contributed by atoms with Crippen LogP contribution in [0.2, 0.25) is 0 Å². The molecule has 3 aromatic rings. The third kappa shape index (κ3) is 4.57. The van der Waals surface area contributed by atoms with Gasteiger partial charge in [-0.25, -0.2) is 4.98 Å². The average Bonchev–Trinajstić information content (AvgIpc) is 3.05. The SMILES string of the molecule is C=CCc1ccc(OCCCSc2nc3ccccc3[nH]2)c(OC)c1. The number of nitrogens with one attached hydrogen (secondary N) is 1. The number of hydrogen-bond acceptors (Lipinski definition) is 4. The molecule has 0 bridgehead atoms. The van der Waals surface area contributed by atoms with Gasteiger partial charge in [-0.1, -0.05) is 36.0 Å². The summed E-state index contributed by atoms with van der Waals surface area (Å²) in [6.07, 6.45) is 3.63. The van der Waals surface area contributed by atoms with Crippen LogP contribution >= 0.6 is 11.8 Å². The Kier molecular flexibility index (Phi) is 6.01. The summed E-state index contributed by atoms with van der Waals surface area (Å²) in [7, 11) is 1.66. The molecule has 0 aliphatic heterocycles. The van der Waals surface area contributed by atoms with Crippen molar-refractivity contribution in [1.82, 2.24) is 9.97 Å². The van der Waals surface area contributed by atoms with Gasteiger partial charge in [0.15, 0.2) is 16.7 Å². The first-order chi connectivity index (χ1) is 12.3. The summed E-state index contributed by atoms with van der Waals surface area (Å²) in [5.74, 6) is 2.49. The molecule has 3 rings (SSSR count). The highest BCUT2D eigenvalue weighted by Crippen LogP contribution is 2.28. The van der Waals surface area contributed by atoms with Crippen molar-refractivity contribution in [2.24, 2.45) is 0 Å². The lowest BCUT2D eigenvalue weighted by Gasteiger charge is -2.11. The highest BCUT2D eigenvalue weighted by atomic mass is 32.2. The number of methoxy groups -OCH3 is 1. The van der Waals surface area contributed by atoms with Crippen LogP contribution in [0.15, 0.2) is 60.3 Å². The molecule has 0 atom stereocenters. The maximum absolute atomic E-state index is 5.86. The maximum Gasteiger partial charge on any atom is 0.166 e. The number of H-pyrrole nitrogens is 1. The standard InChI is InChI=1S/C20H22N2O2S/c1-3-7-15-10-11-18(19(14-15)23-2)24-12-6-13-25-20-21-16-8-4-5-9-17(16)22-20/h3-5,8-11,14H,1,6-7,12-13H2,2H3,(H,21,22). The molecule has 0 aliphatic rings. The minimum absolute atomic E-state index is 0.643. The smallest absolute Gasteiger partial charge is 0.166 e. The molecule has 1 heterocycles. The molecule has 0 unspecified atom stereocenters. The Morgan fingerprint density at radius 2 is 2.08 bits per heavy atom. The van der Waals surface area contributed by atoms with Crippen LogP contribution in [0.5, 0.6) is 11.5 Å². The van der Waals surface area contributed by atoms with Crippen molar-refractivity contribution in [2.45, 2.75) is 18.0 Å². The molecule has 0 saturated heterocycles. The molecule has 1 aromatic heterocycles. The third-order valence-electron chi connectivity index (χ3n) is 3.76. The van der Waals surface area contributed by atoms with E-state index in [1.807, 2.05) is 48.5 Å². The topological polar surface area (TPSA) is 47.1 Å². The first kappa shape index (κ1) is 17.4. The maximum atomic E-state index is 5.86. The molecule has 5 heteroatoms. The lowest BCUT2D eigenvalue weighted by molar-refractivity contribution is 0.295. The monoisotopic (exact) mass is 354 g/mol. The molecule has 0 amide bonds. The van der Waals surface area contributed by atoms with Crippen LogP contribution in [-0.2, 0) is 6.42 Å². The number of aromatic amines is 1.